The van der Waals surface area contributed by atoms with Crippen LogP contribution in [-0.4, -0.2) is 36.0 Å². The van der Waals surface area contributed by atoms with Crippen LogP contribution in [0.5, 0.6) is 0 Å². The Hall–Kier alpha value is -0.330. The predicted molar refractivity (Wildman–Crippen MR) is 85.3 cm³/mol. The van der Waals surface area contributed by atoms with Gasteiger partial charge in [0.15, 0.2) is 0 Å². The molecule has 1 aromatic carbocycles. The molecule has 0 radical (unpaired) electrons. The van der Waals surface area contributed by atoms with E-state index in [4.69, 9.17) is 21.7 Å². The first-order valence-electron chi connectivity index (χ1n) is 5.81. The highest BCUT2D eigenvalue weighted by Crippen LogP contribution is 2.16. The van der Waals surface area contributed by atoms with Crippen LogP contribution in [0.3, 0.4) is 0 Å². The first kappa shape index (κ1) is 15.7. The Balaban J connectivity index is 0.00000162. The highest BCUT2D eigenvalue weighted by Gasteiger charge is 2.24. The number of halogens is 2. The number of nitrogens with one attached hydrogen (secondary N) is 1. The molecule has 0 bridgehead atoms. The molecule has 2 rings (SSSR count). The molecule has 1 aliphatic rings. The molecule has 18 heavy (non-hydrogen) atoms. The van der Waals surface area contributed by atoms with E-state index in [1.165, 1.54) is 0 Å². The lowest BCUT2D eigenvalue weighted by molar-refractivity contribution is -0.0480. The molecule has 1 fully saturated rings. The van der Waals surface area contributed by atoms with Crippen molar-refractivity contribution in [1.29, 1.82) is 5.41 Å². The second-order valence-corrected chi connectivity index (χ2v) is 4.95. The lowest BCUT2D eigenvalue weighted by Crippen LogP contribution is -2.48. The van der Waals surface area contributed by atoms with E-state index in [0.29, 0.717) is 10.9 Å². The van der Waals surface area contributed by atoms with Gasteiger partial charge in [0.1, 0.15) is 5.84 Å². The molecule has 5 heteroatoms. The minimum absolute atomic E-state index is 0. The number of rotatable bonds is 1. The van der Waals surface area contributed by atoms with Gasteiger partial charge in [0, 0.05) is 23.7 Å². The van der Waals surface area contributed by atoms with Gasteiger partial charge in [-0.3, -0.25) is 5.41 Å². The quantitative estimate of drug-likeness (QED) is 0.460. The Labute approximate surface area is 130 Å². The van der Waals surface area contributed by atoms with Gasteiger partial charge in [-0.25, -0.2) is 0 Å². The van der Waals surface area contributed by atoms with E-state index in [2.05, 4.69) is 4.90 Å². The van der Waals surface area contributed by atoms with Gasteiger partial charge in [0.05, 0.1) is 12.2 Å². The lowest BCUT2D eigenvalue weighted by Gasteiger charge is -2.36. The minimum atomic E-state index is 0. The fraction of sp³-hybridized carbons (Fsp3) is 0.462. The Morgan fingerprint density at radius 1 is 1.22 bits per heavy atom. The lowest BCUT2D eigenvalue weighted by atomic mass is 10.1. The summed E-state index contributed by atoms with van der Waals surface area (Å²) < 4.78 is 5.66. The molecule has 3 nitrogen and oxygen atoms in total. The summed E-state index contributed by atoms with van der Waals surface area (Å²) in [5, 5.41) is 8.90. The summed E-state index contributed by atoms with van der Waals surface area (Å²) in [4.78, 5) is 2.06. The van der Waals surface area contributed by atoms with Crippen molar-refractivity contribution < 1.29 is 4.74 Å². The van der Waals surface area contributed by atoms with Crippen LogP contribution in [0.25, 0.3) is 0 Å². The van der Waals surface area contributed by atoms with E-state index in [1.807, 2.05) is 38.1 Å². The van der Waals surface area contributed by atoms with Gasteiger partial charge >= 0.3 is 0 Å². The Morgan fingerprint density at radius 2 is 1.72 bits per heavy atom. The summed E-state index contributed by atoms with van der Waals surface area (Å²) in [5.74, 6) is 0.545. The van der Waals surface area contributed by atoms with E-state index in [0.717, 1.165) is 18.7 Å². The highest BCUT2D eigenvalue weighted by molar-refractivity contribution is 14.0. The zero-order valence-electron chi connectivity index (χ0n) is 10.5. The summed E-state index contributed by atoms with van der Waals surface area (Å²) in [7, 11) is 0. The maximum atomic E-state index is 8.20. The van der Waals surface area contributed by atoms with E-state index in [1.54, 1.807) is 0 Å². The highest BCUT2D eigenvalue weighted by atomic mass is 127. The smallest absolute Gasteiger partial charge is 0.128 e. The van der Waals surface area contributed by atoms with E-state index in [9.17, 15) is 0 Å². The van der Waals surface area contributed by atoms with Crippen LogP contribution in [-0.2, 0) is 4.74 Å². The standard InChI is InChI=1S/C13H17ClN2O.HI/c1-9-7-16(8-10(2)17-9)13(15)11-3-5-12(14)6-4-11;/h3-6,9-10,15H,7-8H2,1-2H3;1H. The summed E-state index contributed by atoms with van der Waals surface area (Å²) in [6.45, 7) is 5.62. The average Bonchev–Trinajstić information content (AvgIpc) is 2.28. The third kappa shape index (κ3) is 3.83. The fourth-order valence-electron chi connectivity index (χ4n) is 2.15. The van der Waals surface area contributed by atoms with Crippen LogP contribution >= 0.6 is 35.6 Å². The molecular formula is C13H18ClIN2O. The third-order valence-corrected chi connectivity index (χ3v) is 3.11. The van der Waals surface area contributed by atoms with Gasteiger partial charge in [-0.1, -0.05) is 11.6 Å². The molecular weight excluding hydrogens is 363 g/mol. The number of ether oxygens (including phenoxy) is 1. The number of hydrogen-bond acceptors (Lipinski definition) is 2. The third-order valence-electron chi connectivity index (χ3n) is 2.85. The SMILES string of the molecule is CC1CN(C(=N)c2ccc(Cl)cc2)CC(C)O1.I. The van der Waals surface area contributed by atoms with Crippen molar-refractivity contribution in [3.63, 3.8) is 0 Å². The van der Waals surface area contributed by atoms with Crippen molar-refractivity contribution in [2.24, 2.45) is 0 Å². The van der Waals surface area contributed by atoms with Crippen LogP contribution in [0.1, 0.15) is 19.4 Å². The number of morpholine rings is 1. The number of nitrogens with zero attached hydrogens (tertiary/aromatic N) is 1. The van der Waals surface area contributed by atoms with Crippen molar-refractivity contribution in [2.75, 3.05) is 13.1 Å². The molecule has 1 aromatic rings. The molecule has 100 valence electrons. The first-order chi connectivity index (χ1) is 8.06. The summed E-state index contributed by atoms with van der Waals surface area (Å²) in [6.07, 6.45) is 0.345. The largest absolute Gasteiger partial charge is 0.372 e. The van der Waals surface area contributed by atoms with Crippen LogP contribution in [0.15, 0.2) is 24.3 Å². The van der Waals surface area contributed by atoms with Gasteiger partial charge in [0.25, 0.3) is 0 Å². The number of benzene rings is 1. The maximum absolute atomic E-state index is 8.20. The van der Waals surface area contributed by atoms with Crippen molar-refractivity contribution in [3.05, 3.63) is 34.9 Å². The predicted octanol–water partition coefficient (Wildman–Crippen LogP) is 3.39. The van der Waals surface area contributed by atoms with Gasteiger partial charge in [-0.2, -0.15) is 0 Å². The second-order valence-electron chi connectivity index (χ2n) is 4.52. The minimum Gasteiger partial charge on any atom is -0.372 e. The van der Waals surface area contributed by atoms with Crippen molar-refractivity contribution >= 4 is 41.4 Å². The summed E-state index contributed by atoms with van der Waals surface area (Å²) >= 11 is 5.84. The molecule has 2 unspecified atom stereocenters. The second kappa shape index (κ2) is 6.73. The monoisotopic (exact) mass is 380 g/mol. The van der Waals surface area contributed by atoms with Gasteiger partial charge in [-0.05, 0) is 38.1 Å². The zero-order valence-corrected chi connectivity index (χ0v) is 13.6. The van der Waals surface area contributed by atoms with E-state index >= 15 is 0 Å². The van der Waals surface area contributed by atoms with E-state index < -0.39 is 0 Å². The molecule has 0 saturated carbocycles. The van der Waals surface area contributed by atoms with Crippen molar-refractivity contribution in [2.45, 2.75) is 26.1 Å². The normalized spacial score (nSPS) is 23.4. The van der Waals surface area contributed by atoms with Crippen molar-refractivity contribution in [3.8, 4) is 0 Å². The number of hydrogen-bond donors (Lipinski definition) is 1. The summed E-state index contributed by atoms with van der Waals surface area (Å²) in [5.41, 5.74) is 0.899. The fourth-order valence-corrected chi connectivity index (χ4v) is 2.28. The summed E-state index contributed by atoms with van der Waals surface area (Å²) in [6, 6.07) is 7.41. The van der Waals surface area contributed by atoms with Gasteiger partial charge in [-0.15, -0.1) is 24.0 Å². The Kier molecular flexibility index (Phi) is 5.88. The van der Waals surface area contributed by atoms with Crippen LogP contribution < -0.4 is 0 Å². The number of amidine groups is 1. The molecule has 1 N–H and O–H groups in total. The molecule has 1 heterocycles. The van der Waals surface area contributed by atoms with Gasteiger partial charge < -0.3 is 9.64 Å². The molecule has 2 atom stereocenters. The average molecular weight is 381 g/mol. The molecule has 0 spiro atoms. The topological polar surface area (TPSA) is 36.3 Å². The Morgan fingerprint density at radius 3 is 2.22 bits per heavy atom. The van der Waals surface area contributed by atoms with E-state index in [-0.39, 0.29) is 36.2 Å². The Bertz CT molecular complexity index is 400. The first-order valence-corrected chi connectivity index (χ1v) is 6.19. The molecule has 1 saturated heterocycles. The maximum Gasteiger partial charge on any atom is 0.128 e. The molecule has 1 aliphatic heterocycles. The van der Waals surface area contributed by atoms with Crippen molar-refractivity contribution in [1.82, 2.24) is 4.90 Å². The molecule has 0 amide bonds. The molecule has 0 aromatic heterocycles. The van der Waals surface area contributed by atoms with Gasteiger partial charge in [0.2, 0.25) is 0 Å². The van der Waals surface area contributed by atoms with Crippen LogP contribution in [0.2, 0.25) is 5.02 Å². The molecule has 0 aliphatic carbocycles. The zero-order chi connectivity index (χ0) is 12.4. The van der Waals surface area contributed by atoms with Crippen LogP contribution in [0.4, 0.5) is 0 Å². The van der Waals surface area contributed by atoms with Crippen LogP contribution in [0, 0.1) is 5.41 Å².